The molecule has 0 spiro atoms. The lowest BCUT2D eigenvalue weighted by atomic mass is 10.2. The number of hydrogen-bond donors (Lipinski definition) is 2. The van der Waals surface area contributed by atoms with Crippen LogP contribution in [0.15, 0.2) is 78.9 Å². The van der Waals surface area contributed by atoms with Crippen molar-refractivity contribution in [2.75, 3.05) is 19.7 Å². The minimum Gasteiger partial charge on any atom is -0.485 e. The second-order valence-corrected chi connectivity index (χ2v) is 8.02. The van der Waals surface area contributed by atoms with Gasteiger partial charge in [0, 0.05) is 6.54 Å². The van der Waals surface area contributed by atoms with E-state index in [4.69, 9.17) is 14.2 Å². The first-order chi connectivity index (χ1) is 16.7. The summed E-state index contributed by atoms with van der Waals surface area (Å²) in [5.41, 5.74) is 2.37. The maximum atomic E-state index is 12.6. The molecule has 0 saturated carbocycles. The first kappa shape index (κ1) is 25.3. The van der Waals surface area contributed by atoms with Gasteiger partial charge in [-0.2, -0.15) is 0 Å². The van der Waals surface area contributed by atoms with Gasteiger partial charge in [-0.05, 0) is 42.3 Å². The number of aliphatic hydroxyl groups is 1. The average molecular weight is 464 g/mol. The van der Waals surface area contributed by atoms with E-state index in [0.29, 0.717) is 36.8 Å². The fourth-order valence-electron chi connectivity index (χ4n) is 3.22. The molecule has 3 aromatic rings. The van der Waals surface area contributed by atoms with E-state index < -0.39 is 12.1 Å². The van der Waals surface area contributed by atoms with Crippen LogP contribution in [0.2, 0.25) is 0 Å². The number of carbonyl (C=O) groups is 1. The van der Waals surface area contributed by atoms with Crippen molar-refractivity contribution >= 4 is 5.97 Å². The summed E-state index contributed by atoms with van der Waals surface area (Å²) in [5, 5.41) is 13.2. The average Bonchev–Trinajstić information content (AvgIpc) is 2.88. The molecule has 3 aromatic carbocycles. The monoisotopic (exact) mass is 463 g/mol. The van der Waals surface area contributed by atoms with Crippen molar-refractivity contribution in [2.45, 2.75) is 39.1 Å². The standard InChI is InChI=1S/C28H33NO5/c1-2-3-16-29-18-25(30)21-34-28(31)24-14-15-26(32-19-22-10-6-4-7-11-22)27(17-24)33-20-23-12-8-5-9-13-23/h4-15,17,25,29-30H,2-3,16,18-21H2,1H3. The lowest BCUT2D eigenvalue weighted by Crippen LogP contribution is -2.31. The third kappa shape index (κ3) is 8.54. The normalized spacial score (nSPS) is 11.6. The van der Waals surface area contributed by atoms with Gasteiger partial charge in [0.15, 0.2) is 11.5 Å². The molecule has 2 N–H and O–H groups in total. The first-order valence-corrected chi connectivity index (χ1v) is 11.7. The Bertz CT molecular complexity index is 994. The topological polar surface area (TPSA) is 77.0 Å². The zero-order valence-electron chi connectivity index (χ0n) is 19.6. The number of ether oxygens (including phenoxy) is 3. The minimum atomic E-state index is -0.761. The molecule has 34 heavy (non-hydrogen) atoms. The number of hydrogen-bond acceptors (Lipinski definition) is 6. The highest BCUT2D eigenvalue weighted by Crippen LogP contribution is 2.30. The molecule has 0 aromatic heterocycles. The molecule has 0 radical (unpaired) electrons. The predicted molar refractivity (Wildman–Crippen MR) is 132 cm³/mol. The molecule has 0 aliphatic heterocycles. The van der Waals surface area contributed by atoms with Gasteiger partial charge in [0.25, 0.3) is 0 Å². The van der Waals surface area contributed by atoms with Gasteiger partial charge in [0.1, 0.15) is 25.9 Å². The predicted octanol–water partition coefficient (Wildman–Crippen LogP) is 4.75. The summed E-state index contributed by atoms with van der Waals surface area (Å²) in [7, 11) is 0. The molecule has 6 nitrogen and oxygen atoms in total. The van der Waals surface area contributed by atoms with Crippen molar-refractivity contribution in [2.24, 2.45) is 0 Å². The molecule has 3 rings (SSSR count). The van der Waals surface area contributed by atoms with Crippen LogP contribution in [-0.2, 0) is 18.0 Å². The van der Waals surface area contributed by atoms with Gasteiger partial charge >= 0.3 is 5.97 Å². The van der Waals surface area contributed by atoms with Gasteiger partial charge < -0.3 is 24.6 Å². The third-order valence-corrected chi connectivity index (χ3v) is 5.15. The van der Waals surface area contributed by atoms with Crippen LogP contribution in [0.1, 0.15) is 41.3 Å². The number of unbranched alkanes of at least 4 members (excludes halogenated alkanes) is 1. The van der Waals surface area contributed by atoms with Gasteiger partial charge in [-0.1, -0.05) is 74.0 Å². The Morgan fingerprint density at radius 1 is 0.882 bits per heavy atom. The molecule has 180 valence electrons. The molecule has 0 saturated heterocycles. The van der Waals surface area contributed by atoms with Gasteiger partial charge in [0.05, 0.1) is 5.56 Å². The highest BCUT2D eigenvalue weighted by Gasteiger charge is 2.15. The molecule has 0 bridgehead atoms. The summed E-state index contributed by atoms with van der Waals surface area (Å²) in [6.07, 6.45) is 1.36. The second kappa shape index (κ2) is 14.0. The Morgan fingerprint density at radius 2 is 1.50 bits per heavy atom. The zero-order valence-corrected chi connectivity index (χ0v) is 19.6. The number of carbonyl (C=O) groups excluding carboxylic acids is 1. The van der Waals surface area contributed by atoms with Crippen LogP contribution in [0, 0.1) is 0 Å². The van der Waals surface area contributed by atoms with Crippen molar-refractivity contribution in [3.63, 3.8) is 0 Å². The maximum Gasteiger partial charge on any atom is 0.338 e. The van der Waals surface area contributed by atoms with E-state index in [0.717, 1.165) is 30.5 Å². The Balaban J connectivity index is 1.64. The van der Waals surface area contributed by atoms with Gasteiger partial charge in [-0.25, -0.2) is 4.79 Å². The number of esters is 1. The van der Waals surface area contributed by atoms with Crippen LogP contribution < -0.4 is 14.8 Å². The Morgan fingerprint density at radius 3 is 2.12 bits per heavy atom. The molecular formula is C28H33NO5. The van der Waals surface area contributed by atoms with Gasteiger partial charge in [0.2, 0.25) is 0 Å². The number of aliphatic hydroxyl groups excluding tert-OH is 1. The maximum absolute atomic E-state index is 12.6. The van der Waals surface area contributed by atoms with Crippen LogP contribution in [0.5, 0.6) is 11.5 Å². The van der Waals surface area contributed by atoms with E-state index in [-0.39, 0.29) is 6.61 Å². The van der Waals surface area contributed by atoms with Crippen LogP contribution in [0.25, 0.3) is 0 Å². The van der Waals surface area contributed by atoms with Crippen molar-refractivity contribution in [1.82, 2.24) is 5.32 Å². The largest absolute Gasteiger partial charge is 0.485 e. The third-order valence-electron chi connectivity index (χ3n) is 5.15. The molecule has 0 aliphatic rings. The lowest BCUT2D eigenvalue weighted by molar-refractivity contribution is 0.0259. The van der Waals surface area contributed by atoms with Crippen LogP contribution in [0.4, 0.5) is 0 Å². The molecule has 6 heteroatoms. The van der Waals surface area contributed by atoms with Crippen molar-refractivity contribution < 1.29 is 24.1 Å². The minimum absolute atomic E-state index is 0.0789. The van der Waals surface area contributed by atoms with Gasteiger partial charge in [-0.3, -0.25) is 0 Å². The summed E-state index contributed by atoms with van der Waals surface area (Å²) in [6.45, 7) is 3.95. The molecule has 0 amide bonds. The first-order valence-electron chi connectivity index (χ1n) is 11.7. The van der Waals surface area contributed by atoms with E-state index in [1.54, 1.807) is 18.2 Å². The molecule has 0 fully saturated rings. The van der Waals surface area contributed by atoms with E-state index >= 15 is 0 Å². The van der Waals surface area contributed by atoms with Crippen LogP contribution in [0.3, 0.4) is 0 Å². The fourth-order valence-corrected chi connectivity index (χ4v) is 3.22. The fraction of sp³-hybridized carbons (Fsp3) is 0.321. The zero-order chi connectivity index (χ0) is 24.0. The number of rotatable bonds is 14. The second-order valence-electron chi connectivity index (χ2n) is 8.02. The van der Waals surface area contributed by atoms with Crippen molar-refractivity contribution in [3.05, 3.63) is 95.6 Å². The highest BCUT2D eigenvalue weighted by atomic mass is 16.5. The Labute approximate surface area is 201 Å². The highest BCUT2D eigenvalue weighted by molar-refractivity contribution is 5.90. The smallest absolute Gasteiger partial charge is 0.338 e. The van der Waals surface area contributed by atoms with Gasteiger partial charge in [-0.15, -0.1) is 0 Å². The van der Waals surface area contributed by atoms with Crippen molar-refractivity contribution in [1.29, 1.82) is 0 Å². The van der Waals surface area contributed by atoms with E-state index in [9.17, 15) is 9.90 Å². The lowest BCUT2D eigenvalue weighted by Gasteiger charge is -2.15. The number of benzene rings is 3. The number of nitrogens with one attached hydrogen (secondary N) is 1. The Kier molecular flexibility index (Phi) is 10.4. The van der Waals surface area contributed by atoms with E-state index in [2.05, 4.69) is 12.2 Å². The molecule has 0 aliphatic carbocycles. The van der Waals surface area contributed by atoms with Crippen LogP contribution in [-0.4, -0.2) is 36.9 Å². The summed E-state index contributed by atoms with van der Waals surface area (Å²) in [6, 6.07) is 24.6. The summed E-state index contributed by atoms with van der Waals surface area (Å²) in [5.74, 6) is 0.472. The Hall–Kier alpha value is -3.35. The molecule has 0 heterocycles. The quantitative estimate of drug-likeness (QED) is 0.265. The summed E-state index contributed by atoms with van der Waals surface area (Å²) < 4.78 is 17.3. The van der Waals surface area contributed by atoms with E-state index in [1.807, 2.05) is 60.7 Å². The van der Waals surface area contributed by atoms with Crippen LogP contribution >= 0.6 is 0 Å². The molecular weight excluding hydrogens is 430 g/mol. The molecule has 1 unspecified atom stereocenters. The van der Waals surface area contributed by atoms with E-state index in [1.165, 1.54) is 0 Å². The summed E-state index contributed by atoms with van der Waals surface area (Å²) in [4.78, 5) is 12.6. The SMILES string of the molecule is CCCCNCC(O)COC(=O)c1ccc(OCc2ccccc2)c(OCc2ccccc2)c1. The summed E-state index contributed by atoms with van der Waals surface area (Å²) >= 11 is 0. The van der Waals surface area contributed by atoms with Crippen molar-refractivity contribution in [3.8, 4) is 11.5 Å². The molecule has 1 atom stereocenters.